The van der Waals surface area contributed by atoms with Crippen molar-refractivity contribution < 1.29 is 0 Å². The first-order chi connectivity index (χ1) is 19.9. The number of aromatic nitrogens is 1. The van der Waals surface area contributed by atoms with E-state index in [2.05, 4.69) is 140 Å². The second kappa shape index (κ2) is 8.00. The average molecular weight is 508 g/mol. The Bertz CT molecular complexity index is 2090. The van der Waals surface area contributed by atoms with Crippen LogP contribution in [0, 0.1) is 0 Å². The minimum atomic E-state index is -0.370. The van der Waals surface area contributed by atoms with E-state index in [4.69, 9.17) is 4.98 Å². The van der Waals surface area contributed by atoms with Crippen molar-refractivity contribution in [2.75, 3.05) is 0 Å². The van der Waals surface area contributed by atoms with Gasteiger partial charge in [-0.1, -0.05) is 133 Å². The van der Waals surface area contributed by atoms with Crippen LogP contribution in [0.4, 0.5) is 0 Å². The summed E-state index contributed by atoms with van der Waals surface area (Å²) in [7, 11) is 0. The first-order valence-electron chi connectivity index (χ1n) is 14.0. The van der Waals surface area contributed by atoms with Crippen LogP contribution in [0.1, 0.15) is 33.4 Å². The molecule has 0 bridgehead atoms. The molecule has 0 fully saturated rings. The van der Waals surface area contributed by atoms with Crippen molar-refractivity contribution in [3.05, 3.63) is 173 Å². The second-order valence-corrected chi connectivity index (χ2v) is 11.0. The van der Waals surface area contributed by atoms with Crippen LogP contribution in [-0.2, 0) is 11.8 Å². The number of benzene rings is 6. The summed E-state index contributed by atoms with van der Waals surface area (Å²) in [6.45, 7) is 0. The molecular weight excluding hydrogens is 482 g/mol. The molecule has 0 aliphatic heterocycles. The molecule has 1 heterocycles. The highest BCUT2D eigenvalue weighted by Crippen LogP contribution is 2.60. The zero-order chi connectivity index (χ0) is 26.3. The van der Waals surface area contributed by atoms with Gasteiger partial charge in [-0.2, -0.15) is 0 Å². The number of fused-ring (bicyclic) bond motifs is 13. The van der Waals surface area contributed by atoms with Crippen LogP contribution in [0.5, 0.6) is 0 Å². The predicted octanol–water partition coefficient (Wildman–Crippen LogP) is 9.32. The van der Waals surface area contributed by atoms with E-state index in [1.165, 1.54) is 60.7 Å². The highest BCUT2D eigenvalue weighted by molar-refractivity contribution is 6.13. The van der Waals surface area contributed by atoms with Gasteiger partial charge in [-0.05, 0) is 62.4 Å². The lowest BCUT2D eigenvalue weighted by molar-refractivity contribution is 0.725. The van der Waals surface area contributed by atoms with Gasteiger partial charge in [0.15, 0.2) is 0 Å². The van der Waals surface area contributed by atoms with Gasteiger partial charge < -0.3 is 0 Å². The van der Waals surface area contributed by atoms with Crippen molar-refractivity contribution in [3.63, 3.8) is 0 Å². The van der Waals surface area contributed by atoms with E-state index in [9.17, 15) is 0 Å². The number of nitrogens with zero attached hydrogens (tertiary/aromatic N) is 1. The Labute approximate surface area is 233 Å². The van der Waals surface area contributed by atoms with Gasteiger partial charge in [0.1, 0.15) is 0 Å². The Balaban J connectivity index is 1.51. The third-order valence-corrected chi connectivity index (χ3v) is 9.17. The van der Waals surface area contributed by atoms with Crippen molar-refractivity contribution in [3.8, 4) is 22.4 Å². The quantitative estimate of drug-likeness (QED) is 0.202. The average Bonchev–Trinajstić information content (AvgIpc) is 3.32. The lowest BCUT2D eigenvalue weighted by Crippen LogP contribution is -2.34. The number of rotatable bonds is 1. The van der Waals surface area contributed by atoms with E-state index >= 15 is 0 Å². The van der Waals surface area contributed by atoms with Gasteiger partial charge in [-0.3, -0.25) is 0 Å². The van der Waals surface area contributed by atoms with Crippen LogP contribution in [0.15, 0.2) is 140 Å². The normalized spacial score (nSPS) is 14.1. The molecule has 2 aliphatic carbocycles. The molecule has 186 valence electrons. The predicted molar refractivity (Wildman–Crippen MR) is 165 cm³/mol. The second-order valence-electron chi connectivity index (χ2n) is 11.0. The number of pyridine rings is 1. The molecule has 1 spiro atoms. The molecule has 6 aromatic carbocycles. The molecule has 1 aromatic heterocycles. The molecule has 40 heavy (non-hydrogen) atoms. The zero-order valence-electron chi connectivity index (χ0n) is 21.9. The van der Waals surface area contributed by atoms with Crippen LogP contribution in [0.2, 0.25) is 0 Å². The Morgan fingerprint density at radius 2 is 1.10 bits per heavy atom. The van der Waals surface area contributed by atoms with Crippen molar-refractivity contribution in [2.24, 2.45) is 0 Å². The molecule has 0 saturated heterocycles. The maximum absolute atomic E-state index is 5.34. The number of hydrogen-bond donors (Lipinski definition) is 0. The highest BCUT2D eigenvalue weighted by atomic mass is 14.7. The monoisotopic (exact) mass is 507 g/mol. The van der Waals surface area contributed by atoms with Gasteiger partial charge in [0.05, 0.1) is 16.6 Å². The van der Waals surface area contributed by atoms with Crippen LogP contribution >= 0.6 is 0 Å². The topological polar surface area (TPSA) is 12.9 Å². The standard InChI is InChI=1S/C39H25N/c1-2-12-25(13-3-1)38-37-30(29-17-7-11-21-36(29)40-38)22-23-35-31(37)24-26-14-4-8-18-32(26)39(35)33-19-9-5-15-27(33)28-16-6-10-20-34(28)39/h1-23H,24H2. The SMILES string of the molecule is c1ccc(-c2nc3ccccc3c3ccc4c(c23)Cc2ccccc2C42c3ccccc3-c3ccccc32)cc1. The molecule has 0 radical (unpaired) electrons. The molecule has 7 aromatic rings. The number of hydrogen-bond acceptors (Lipinski definition) is 1. The van der Waals surface area contributed by atoms with Crippen molar-refractivity contribution in [1.29, 1.82) is 0 Å². The van der Waals surface area contributed by atoms with Gasteiger partial charge >= 0.3 is 0 Å². The fourth-order valence-electron chi connectivity index (χ4n) is 7.65. The Morgan fingerprint density at radius 1 is 0.475 bits per heavy atom. The Kier molecular flexibility index (Phi) is 4.38. The molecule has 0 atom stereocenters. The maximum atomic E-state index is 5.34. The summed E-state index contributed by atoms with van der Waals surface area (Å²) in [6.07, 6.45) is 0.884. The van der Waals surface area contributed by atoms with E-state index in [0.29, 0.717) is 0 Å². The van der Waals surface area contributed by atoms with E-state index in [0.717, 1.165) is 23.2 Å². The molecular formula is C39H25N. The summed E-state index contributed by atoms with van der Waals surface area (Å²) >= 11 is 0. The minimum absolute atomic E-state index is 0.370. The van der Waals surface area contributed by atoms with Crippen LogP contribution in [0.25, 0.3) is 44.1 Å². The number of para-hydroxylation sites is 1. The Hall–Kier alpha value is -5.01. The fraction of sp³-hybridized carbons (Fsp3) is 0.0513. The summed E-state index contributed by atoms with van der Waals surface area (Å²) in [5, 5.41) is 3.76. The summed E-state index contributed by atoms with van der Waals surface area (Å²) in [5.41, 5.74) is 13.9. The third kappa shape index (κ3) is 2.69. The molecule has 1 nitrogen and oxygen atoms in total. The molecule has 0 unspecified atom stereocenters. The summed E-state index contributed by atoms with van der Waals surface area (Å²) in [4.78, 5) is 5.34. The Morgan fingerprint density at radius 3 is 1.88 bits per heavy atom. The van der Waals surface area contributed by atoms with Gasteiger partial charge in [-0.15, -0.1) is 0 Å². The zero-order valence-corrected chi connectivity index (χ0v) is 21.9. The smallest absolute Gasteiger partial charge is 0.0791 e. The minimum Gasteiger partial charge on any atom is -0.247 e. The lowest BCUT2D eigenvalue weighted by Gasteiger charge is -2.41. The third-order valence-electron chi connectivity index (χ3n) is 9.17. The van der Waals surface area contributed by atoms with Crippen molar-refractivity contribution >= 4 is 21.7 Å². The first-order valence-corrected chi connectivity index (χ1v) is 14.0. The molecule has 0 saturated carbocycles. The van der Waals surface area contributed by atoms with Gasteiger partial charge in [0, 0.05) is 16.3 Å². The van der Waals surface area contributed by atoms with Crippen molar-refractivity contribution in [1.82, 2.24) is 4.98 Å². The van der Waals surface area contributed by atoms with E-state index in [1.54, 1.807) is 0 Å². The fourth-order valence-corrected chi connectivity index (χ4v) is 7.65. The summed E-state index contributed by atoms with van der Waals surface area (Å²) in [5.74, 6) is 0. The van der Waals surface area contributed by atoms with E-state index < -0.39 is 0 Å². The molecule has 9 rings (SSSR count). The van der Waals surface area contributed by atoms with Crippen LogP contribution < -0.4 is 0 Å². The molecule has 2 aliphatic rings. The van der Waals surface area contributed by atoms with Gasteiger partial charge in [0.2, 0.25) is 0 Å². The molecule has 1 heteroatoms. The summed E-state index contributed by atoms with van der Waals surface area (Å²) in [6, 6.07) is 51.2. The van der Waals surface area contributed by atoms with E-state index in [-0.39, 0.29) is 5.41 Å². The van der Waals surface area contributed by atoms with Gasteiger partial charge in [-0.25, -0.2) is 4.98 Å². The summed E-state index contributed by atoms with van der Waals surface area (Å²) < 4.78 is 0. The van der Waals surface area contributed by atoms with Gasteiger partial charge in [0.25, 0.3) is 0 Å². The molecule has 0 N–H and O–H groups in total. The lowest BCUT2D eigenvalue weighted by atomic mass is 9.61. The van der Waals surface area contributed by atoms with Crippen LogP contribution in [0.3, 0.4) is 0 Å². The molecule has 0 amide bonds. The van der Waals surface area contributed by atoms with Crippen LogP contribution in [-0.4, -0.2) is 4.98 Å². The maximum Gasteiger partial charge on any atom is 0.0791 e. The first kappa shape index (κ1) is 21.9. The largest absolute Gasteiger partial charge is 0.247 e. The van der Waals surface area contributed by atoms with Crippen molar-refractivity contribution in [2.45, 2.75) is 11.8 Å². The highest BCUT2D eigenvalue weighted by Gasteiger charge is 2.50. The van der Waals surface area contributed by atoms with E-state index in [1.807, 2.05) is 0 Å².